The molecule has 5 nitrogen and oxygen atoms in total. The third-order valence-electron chi connectivity index (χ3n) is 4.40. The molecular formula is C16H18BN3O2. The first-order valence-electron chi connectivity index (χ1n) is 7.23. The van der Waals surface area contributed by atoms with Crippen LogP contribution in [0.25, 0.3) is 5.69 Å². The minimum absolute atomic E-state index is 0.397. The molecule has 0 atom stereocenters. The standard InChI is InChI=1S/C16H18BN3O2/c1-15(2)16(3,4)22-17(21-15)14-10-20(11-19-14)13-8-6-5-7-12(13)9-18/h5-8,10-11H,1-4H3. The van der Waals surface area contributed by atoms with E-state index >= 15 is 0 Å². The number of rotatable bonds is 2. The second kappa shape index (κ2) is 4.97. The van der Waals surface area contributed by atoms with Gasteiger partial charge in [0.25, 0.3) is 0 Å². The van der Waals surface area contributed by atoms with Gasteiger partial charge in [0.05, 0.1) is 34.4 Å². The number of para-hydroxylation sites is 1. The van der Waals surface area contributed by atoms with Crippen LogP contribution in [0.1, 0.15) is 33.3 Å². The largest absolute Gasteiger partial charge is 0.516 e. The molecule has 0 N–H and O–H groups in total. The van der Waals surface area contributed by atoms with Gasteiger partial charge in [0.2, 0.25) is 0 Å². The third kappa shape index (κ3) is 2.33. The summed E-state index contributed by atoms with van der Waals surface area (Å²) in [6, 6.07) is 9.59. The fraction of sp³-hybridized carbons (Fsp3) is 0.375. The number of nitrogens with zero attached hydrogens (tertiary/aromatic N) is 3. The molecule has 1 aromatic carbocycles. The zero-order valence-electron chi connectivity index (χ0n) is 13.2. The van der Waals surface area contributed by atoms with Gasteiger partial charge < -0.3 is 13.9 Å². The number of aromatic nitrogens is 2. The molecule has 0 aliphatic carbocycles. The van der Waals surface area contributed by atoms with Gasteiger partial charge in [0, 0.05) is 6.20 Å². The molecule has 2 heterocycles. The summed E-state index contributed by atoms with van der Waals surface area (Å²) in [5, 5.41) is 9.20. The fourth-order valence-electron chi connectivity index (χ4n) is 2.35. The van der Waals surface area contributed by atoms with E-state index in [-0.39, 0.29) is 0 Å². The molecule has 1 fully saturated rings. The summed E-state index contributed by atoms with van der Waals surface area (Å²) in [6.45, 7) is 8.04. The summed E-state index contributed by atoms with van der Waals surface area (Å²) in [4.78, 5) is 4.38. The minimum atomic E-state index is -0.500. The lowest BCUT2D eigenvalue weighted by atomic mass is 9.86. The van der Waals surface area contributed by atoms with E-state index < -0.39 is 18.3 Å². The third-order valence-corrected chi connectivity index (χ3v) is 4.40. The van der Waals surface area contributed by atoms with Crippen LogP contribution in [-0.2, 0) is 9.31 Å². The maximum atomic E-state index is 9.20. The highest BCUT2D eigenvalue weighted by Crippen LogP contribution is 2.36. The Kier molecular flexibility index (Phi) is 3.35. The highest BCUT2D eigenvalue weighted by molar-refractivity contribution is 6.61. The lowest BCUT2D eigenvalue weighted by Crippen LogP contribution is -2.41. The van der Waals surface area contributed by atoms with Gasteiger partial charge in [-0.1, -0.05) is 12.1 Å². The summed E-state index contributed by atoms with van der Waals surface area (Å²) in [6.07, 6.45) is 3.52. The zero-order chi connectivity index (χ0) is 16.0. The molecule has 1 aliphatic heterocycles. The van der Waals surface area contributed by atoms with Gasteiger partial charge in [-0.3, -0.25) is 0 Å². The van der Waals surface area contributed by atoms with Gasteiger partial charge >= 0.3 is 7.12 Å². The second-order valence-electron chi connectivity index (χ2n) is 6.42. The number of hydrogen-bond donors (Lipinski definition) is 0. The first-order chi connectivity index (χ1) is 10.3. The van der Waals surface area contributed by atoms with Gasteiger partial charge in [0.15, 0.2) is 0 Å². The number of nitriles is 1. The maximum absolute atomic E-state index is 9.20. The Labute approximate surface area is 130 Å². The number of hydrogen-bond acceptors (Lipinski definition) is 4. The molecule has 6 heteroatoms. The number of benzene rings is 1. The van der Waals surface area contributed by atoms with E-state index in [0.29, 0.717) is 11.2 Å². The van der Waals surface area contributed by atoms with Crippen LogP contribution in [0.5, 0.6) is 0 Å². The SMILES string of the molecule is CC1(C)OB(c2cn(-c3ccccc3C#N)cn2)OC1(C)C. The van der Waals surface area contributed by atoms with Crippen molar-refractivity contribution < 1.29 is 9.31 Å². The molecule has 0 unspecified atom stereocenters. The Morgan fingerprint density at radius 1 is 1.14 bits per heavy atom. The molecule has 0 spiro atoms. The molecule has 0 radical (unpaired) electrons. The highest BCUT2D eigenvalue weighted by Gasteiger charge is 2.52. The van der Waals surface area contributed by atoms with E-state index in [9.17, 15) is 5.26 Å². The van der Waals surface area contributed by atoms with Crippen molar-refractivity contribution >= 4 is 12.7 Å². The van der Waals surface area contributed by atoms with Crippen molar-refractivity contribution in [3.8, 4) is 11.8 Å². The Balaban J connectivity index is 1.92. The first-order valence-corrected chi connectivity index (χ1v) is 7.23. The molecule has 1 aromatic heterocycles. The van der Waals surface area contributed by atoms with E-state index in [1.54, 1.807) is 12.4 Å². The summed E-state index contributed by atoms with van der Waals surface area (Å²) in [5.74, 6) is 0. The van der Waals surface area contributed by atoms with Gasteiger partial charge in [-0.25, -0.2) is 4.98 Å². The molecule has 112 valence electrons. The predicted octanol–water partition coefficient (Wildman–Crippen LogP) is 2.04. The van der Waals surface area contributed by atoms with Crippen LogP contribution in [0.3, 0.4) is 0 Å². The number of imidazole rings is 1. The Morgan fingerprint density at radius 3 is 2.41 bits per heavy atom. The average molecular weight is 295 g/mol. The summed E-state index contributed by atoms with van der Waals surface area (Å²) in [7, 11) is -0.500. The topological polar surface area (TPSA) is 60.1 Å². The summed E-state index contributed by atoms with van der Waals surface area (Å²) in [5.41, 5.74) is 1.30. The van der Waals surface area contributed by atoms with E-state index in [2.05, 4.69) is 11.1 Å². The maximum Gasteiger partial charge on any atom is 0.516 e. The molecule has 2 aromatic rings. The Hall–Kier alpha value is -2.10. The quantitative estimate of drug-likeness (QED) is 0.796. The summed E-state index contributed by atoms with van der Waals surface area (Å²) < 4.78 is 13.8. The minimum Gasteiger partial charge on any atom is -0.398 e. The normalized spacial score (nSPS) is 19.1. The average Bonchev–Trinajstić information content (AvgIpc) is 3.02. The van der Waals surface area contributed by atoms with Crippen molar-refractivity contribution in [2.75, 3.05) is 0 Å². The molecule has 1 aliphatic rings. The van der Waals surface area contributed by atoms with Crippen LogP contribution < -0.4 is 5.59 Å². The monoisotopic (exact) mass is 295 g/mol. The van der Waals surface area contributed by atoms with E-state index in [0.717, 1.165) is 5.69 Å². The lowest BCUT2D eigenvalue weighted by molar-refractivity contribution is 0.00578. The molecule has 0 bridgehead atoms. The molecule has 3 rings (SSSR count). The van der Waals surface area contributed by atoms with E-state index in [4.69, 9.17) is 9.31 Å². The first kappa shape index (κ1) is 14.8. The second-order valence-corrected chi connectivity index (χ2v) is 6.42. The Morgan fingerprint density at radius 2 is 1.77 bits per heavy atom. The van der Waals surface area contributed by atoms with Crippen molar-refractivity contribution in [2.45, 2.75) is 38.9 Å². The van der Waals surface area contributed by atoms with Crippen LogP contribution >= 0.6 is 0 Å². The van der Waals surface area contributed by atoms with Crippen LogP contribution in [0.15, 0.2) is 36.8 Å². The Bertz CT molecular complexity index is 730. The van der Waals surface area contributed by atoms with Gasteiger partial charge in [-0.2, -0.15) is 5.26 Å². The van der Waals surface area contributed by atoms with Crippen molar-refractivity contribution in [3.05, 3.63) is 42.4 Å². The fourth-order valence-corrected chi connectivity index (χ4v) is 2.35. The van der Waals surface area contributed by atoms with Crippen molar-refractivity contribution in [1.29, 1.82) is 5.26 Å². The van der Waals surface area contributed by atoms with Crippen LogP contribution in [0.4, 0.5) is 0 Å². The van der Waals surface area contributed by atoms with Crippen molar-refractivity contribution in [1.82, 2.24) is 9.55 Å². The predicted molar refractivity (Wildman–Crippen MR) is 84.0 cm³/mol. The summed E-state index contributed by atoms with van der Waals surface area (Å²) >= 11 is 0. The zero-order valence-corrected chi connectivity index (χ0v) is 13.2. The lowest BCUT2D eigenvalue weighted by Gasteiger charge is -2.32. The van der Waals surface area contributed by atoms with Crippen molar-refractivity contribution in [3.63, 3.8) is 0 Å². The smallest absolute Gasteiger partial charge is 0.398 e. The van der Waals surface area contributed by atoms with E-state index in [1.807, 2.05) is 56.7 Å². The van der Waals surface area contributed by atoms with Gasteiger partial charge in [0.1, 0.15) is 6.07 Å². The molecule has 0 amide bonds. The molecule has 1 saturated heterocycles. The highest BCUT2D eigenvalue weighted by atomic mass is 16.7. The van der Waals surface area contributed by atoms with Crippen LogP contribution in [0, 0.1) is 11.3 Å². The van der Waals surface area contributed by atoms with Crippen molar-refractivity contribution in [2.24, 2.45) is 0 Å². The van der Waals surface area contributed by atoms with Gasteiger partial charge in [-0.05, 0) is 39.8 Å². The molecular weight excluding hydrogens is 277 g/mol. The molecule has 0 saturated carbocycles. The van der Waals surface area contributed by atoms with E-state index in [1.165, 1.54) is 0 Å². The van der Waals surface area contributed by atoms with Crippen LogP contribution in [0.2, 0.25) is 0 Å². The van der Waals surface area contributed by atoms with Crippen LogP contribution in [-0.4, -0.2) is 27.9 Å². The molecule has 22 heavy (non-hydrogen) atoms. The van der Waals surface area contributed by atoms with Gasteiger partial charge in [-0.15, -0.1) is 0 Å².